The van der Waals surface area contributed by atoms with Crippen LogP contribution in [0.15, 0.2) is 158 Å². The molecule has 0 aromatic carbocycles. The third-order valence-corrected chi connectivity index (χ3v) is 16.6. The summed E-state index contributed by atoms with van der Waals surface area (Å²) in [7, 11) is 0. The van der Waals surface area contributed by atoms with Crippen molar-refractivity contribution in [1.29, 1.82) is 0 Å². The van der Waals surface area contributed by atoms with Crippen molar-refractivity contribution in [2.24, 2.45) is 0 Å². The first-order valence-corrected chi connectivity index (χ1v) is 37.2. The van der Waals surface area contributed by atoms with Gasteiger partial charge in [0.1, 0.15) is 24.4 Å². The summed E-state index contributed by atoms with van der Waals surface area (Å²) in [5, 5.41) is 54.8. The topological polar surface area (TPSA) is 149 Å². The number of aliphatic hydroxyl groups excluding tert-OH is 5. The van der Waals surface area contributed by atoms with Gasteiger partial charge in [-0.2, -0.15) is 0 Å². The van der Waals surface area contributed by atoms with Gasteiger partial charge in [-0.25, -0.2) is 0 Å². The van der Waals surface area contributed by atoms with Crippen molar-refractivity contribution in [2.45, 2.75) is 339 Å². The Kier molecular flexibility index (Phi) is 64.0. The first-order valence-electron chi connectivity index (χ1n) is 37.2. The van der Waals surface area contributed by atoms with Crippen LogP contribution in [0.5, 0.6) is 0 Å². The maximum absolute atomic E-state index is 13.1. The maximum Gasteiger partial charge on any atom is 0.220 e. The van der Waals surface area contributed by atoms with Crippen molar-refractivity contribution >= 4 is 5.91 Å². The van der Waals surface area contributed by atoms with E-state index < -0.39 is 49.5 Å². The van der Waals surface area contributed by atoms with Gasteiger partial charge in [0.15, 0.2) is 6.29 Å². The number of carbonyl (C=O) groups excluding carboxylic acids is 1. The summed E-state index contributed by atoms with van der Waals surface area (Å²) in [5.74, 6) is -0.199. The van der Waals surface area contributed by atoms with Gasteiger partial charge < -0.3 is 40.3 Å². The summed E-state index contributed by atoms with van der Waals surface area (Å²) < 4.78 is 11.3. The van der Waals surface area contributed by atoms with Gasteiger partial charge in [0.05, 0.1) is 25.4 Å². The SMILES string of the molecule is CC/C=C\C/C=C\C/C=C\C/C=C\C/C=C\C/C=C\C/C=C\C/C=C\C/C=C\C/C=C\CCCCCCCCCCCCC(=O)NC(COC1OC(CO)C(O)C(O)C1O)C(O)/C=C/CC/C=C/CC/C=C/CCCCCCCCCCCCCCCCCCC. The molecule has 9 nitrogen and oxygen atoms in total. The molecule has 0 radical (unpaired) electrons. The average Bonchev–Trinajstić information content (AvgIpc) is 1.58. The number of hydrogen-bond donors (Lipinski definition) is 6. The van der Waals surface area contributed by atoms with Crippen LogP contribution in [0.3, 0.4) is 0 Å². The Morgan fingerprint density at radius 2 is 0.692 bits per heavy atom. The standard InChI is InChI=1S/C82H137NO8/c1-3-5-7-9-11-13-15-17-19-21-23-25-27-29-31-32-33-34-35-36-37-38-39-40-41-42-43-44-46-48-50-52-54-56-58-60-62-64-66-68-70-72-78(86)83-75(74-90-82-81(89)80(88)79(87)77(73-84)91-82)76(85)71-69-67-65-63-61-59-57-55-53-51-49-47-45-30-28-26-24-22-20-18-16-14-12-10-8-6-4-2/h5,7,11,13,17,19,23,25,29,31,33-34,36-37,39-40,42-43,46,48,53,55,61,63,69,71,75-77,79-82,84-85,87-89H,3-4,6,8-10,12,14-16,18,20-22,24,26-28,30,32,35,38,41,44-45,47,49-52,54,56-60,62,64-68,70,72-74H2,1-2H3,(H,83,86)/b7-5-,13-11-,19-17-,25-23-,31-29-,34-33-,37-36-,40-39-,43-42-,48-46-,55-53+,63-61+,71-69+. The Bertz CT molecular complexity index is 2000. The fourth-order valence-corrected chi connectivity index (χ4v) is 10.8. The van der Waals surface area contributed by atoms with E-state index in [-0.39, 0.29) is 12.5 Å². The quantitative estimate of drug-likeness (QED) is 0.0261. The highest BCUT2D eigenvalue weighted by molar-refractivity contribution is 5.76. The summed E-state index contributed by atoms with van der Waals surface area (Å²) in [6.45, 7) is 3.66. The fraction of sp³-hybridized carbons (Fsp3) is 0.671. The molecule has 518 valence electrons. The highest BCUT2D eigenvalue weighted by Gasteiger charge is 2.44. The molecule has 91 heavy (non-hydrogen) atoms. The number of hydrogen-bond acceptors (Lipinski definition) is 8. The predicted octanol–water partition coefficient (Wildman–Crippen LogP) is 21.1. The minimum atomic E-state index is -1.59. The van der Waals surface area contributed by atoms with Gasteiger partial charge in [-0.15, -0.1) is 0 Å². The fourth-order valence-electron chi connectivity index (χ4n) is 10.8. The summed E-state index contributed by atoms with van der Waals surface area (Å²) in [6.07, 6.45) is 101. The third-order valence-electron chi connectivity index (χ3n) is 16.6. The van der Waals surface area contributed by atoms with E-state index in [2.05, 4.69) is 165 Å². The van der Waals surface area contributed by atoms with Gasteiger partial charge in [0.2, 0.25) is 5.91 Å². The van der Waals surface area contributed by atoms with Crippen LogP contribution in [0.1, 0.15) is 296 Å². The van der Waals surface area contributed by atoms with Gasteiger partial charge in [0.25, 0.3) is 0 Å². The minimum absolute atomic E-state index is 0.199. The number of amides is 1. The molecule has 9 heteroatoms. The Morgan fingerprint density at radius 3 is 1.05 bits per heavy atom. The zero-order chi connectivity index (χ0) is 65.7. The average molecular weight is 1260 g/mol. The molecular weight excluding hydrogens is 1130 g/mol. The van der Waals surface area contributed by atoms with Crippen LogP contribution in [-0.4, -0.2) is 87.5 Å². The molecule has 0 spiro atoms. The number of unbranched alkanes of at least 4 members (excludes halogenated alkanes) is 29. The van der Waals surface area contributed by atoms with Crippen molar-refractivity contribution in [1.82, 2.24) is 5.32 Å². The molecule has 1 fully saturated rings. The van der Waals surface area contributed by atoms with Crippen molar-refractivity contribution < 1.29 is 39.8 Å². The zero-order valence-electron chi connectivity index (χ0n) is 58.0. The molecule has 1 aliphatic rings. The molecule has 6 N–H and O–H groups in total. The van der Waals surface area contributed by atoms with Crippen LogP contribution >= 0.6 is 0 Å². The summed E-state index contributed by atoms with van der Waals surface area (Å²) in [4.78, 5) is 13.1. The Balaban J connectivity index is 2.17. The van der Waals surface area contributed by atoms with E-state index in [9.17, 15) is 30.3 Å². The van der Waals surface area contributed by atoms with Crippen LogP contribution < -0.4 is 5.32 Å². The molecular formula is C82H137NO8. The summed E-state index contributed by atoms with van der Waals surface area (Å²) in [6, 6.07) is -0.843. The van der Waals surface area contributed by atoms with E-state index in [1.807, 2.05) is 6.08 Å². The Hall–Kier alpha value is -4.19. The Morgan fingerprint density at radius 1 is 0.385 bits per heavy atom. The van der Waals surface area contributed by atoms with E-state index in [1.165, 1.54) is 148 Å². The smallest absolute Gasteiger partial charge is 0.220 e. The van der Waals surface area contributed by atoms with Crippen LogP contribution in [0, 0.1) is 0 Å². The highest BCUT2D eigenvalue weighted by Crippen LogP contribution is 2.23. The van der Waals surface area contributed by atoms with Gasteiger partial charge in [-0.3, -0.25) is 4.79 Å². The van der Waals surface area contributed by atoms with E-state index in [0.29, 0.717) is 6.42 Å². The van der Waals surface area contributed by atoms with Gasteiger partial charge in [0, 0.05) is 6.42 Å². The second-order valence-electron chi connectivity index (χ2n) is 25.0. The molecule has 1 rings (SSSR count). The van der Waals surface area contributed by atoms with E-state index in [1.54, 1.807) is 6.08 Å². The lowest BCUT2D eigenvalue weighted by Gasteiger charge is -2.40. The van der Waals surface area contributed by atoms with Gasteiger partial charge in [-0.1, -0.05) is 326 Å². The normalized spacial score (nSPS) is 18.7. The first-order chi connectivity index (χ1) is 44.8. The molecule has 7 atom stereocenters. The molecule has 1 saturated heterocycles. The summed E-state index contributed by atoms with van der Waals surface area (Å²) in [5.41, 5.74) is 0. The van der Waals surface area contributed by atoms with Crippen LogP contribution in [0.4, 0.5) is 0 Å². The van der Waals surface area contributed by atoms with Gasteiger partial charge in [-0.05, 0) is 122 Å². The second-order valence-corrected chi connectivity index (χ2v) is 25.0. The molecule has 1 amide bonds. The monoisotopic (exact) mass is 1260 g/mol. The lowest BCUT2D eigenvalue weighted by molar-refractivity contribution is -0.302. The molecule has 1 heterocycles. The van der Waals surface area contributed by atoms with Crippen molar-refractivity contribution in [3.8, 4) is 0 Å². The molecule has 0 saturated carbocycles. The predicted molar refractivity (Wildman–Crippen MR) is 391 cm³/mol. The van der Waals surface area contributed by atoms with E-state index in [4.69, 9.17) is 9.47 Å². The zero-order valence-corrected chi connectivity index (χ0v) is 58.0. The van der Waals surface area contributed by atoms with E-state index >= 15 is 0 Å². The number of nitrogens with one attached hydrogen (secondary N) is 1. The third kappa shape index (κ3) is 57.0. The highest BCUT2D eigenvalue weighted by atomic mass is 16.7. The largest absolute Gasteiger partial charge is 0.394 e. The molecule has 0 aromatic rings. The summed E-state index contributed by atoms with van der Waals surface area (Å²) >= 11 is 0. The van der Waals surface area contributed by atoms with Gasteiger partial charge >= 0.3 is 0 Å². The molecule has 0 bridgehead atoms. The van der Waals surface area contributed by atoms with E-state index in [0.717, 1.165) is 128 Å². The molecule has 0 aliphatic carbocycles. The minimum Gasteiger partial charge on any atom is -0.394 e. The van der Waals surface area contributed by atoms with Crippen molar-refractivity contribution in [2.75, 3.05) is 13.2 Å². The first kappa shape index (κ1) is 84.8. The Labute approximate surface area is 558 Å². The number of aliphatic hydroxyl groups is 5. The molecule has 7 unspecified atom stereocenters. The lowest BCUT2D eigenvalue weighted by atomic mass is 9.99. The lowest BCUT2D eigenvalue weighted by Crippen LogP contribution is -2.60. The van der Waals surface area contributed by atoms with Crippen molar-refractivity contribution in [3.63, 3.8) is 0 Å². The second kappa shape index (κ2) is 68.7. The van der Waals surface area contributed by atoms with Crippen LogP contribution in [0.2, 0.25) is 0 Å². The van der Waals surface area contributed by atoms with Crippen LogP contribution in [0.25, 0.3) is 0 Å². The maximum atomic E-state index is 13.1. The molecule has 1 aliphatic heterocycles. The number of allylic oxidation sites excluding steroid dienone is 25. The number of ether oxygens (including phenoxy) is 2. The van der Waals surface area contributed by atoms with Crippen LogP contribution in [-0.2, 0) is 14.3 Å². The number of carbonyl (C=O) groups is 1. The van der Waals surface area contributed by atoms with Crippen molar-refractivity contribution in [3.05, 3.63) is 158 Å². The number of rotatable bonds is 63. The molecule has 0 aromatic heterocycles.